The molecule has 0 saturated carbocycles. The Bertz CT molecular complexity index is 278. The SMILES string of the molecule is CCOCCCCNCCS(=O)(=O)CC(C)CC. The third kappa shape index (κ3) is 11.0. The highest BCUT2D eigenvalue weighted by Gasteiger charge is 2.13. The van der Waals surface area contributed by atoms with Gasteiger partial charge in [-0.3, -0.25) is 0 Å². The van der Waals surface area contributed by atoms with Crippen LogP contribution in [0.3, 0.4) is 0 Å². The van der Waals surface area contributed by atoms with Crippen LogP contribution in [0.25, 0.3) is 0 Å². The predicted octanol–water partition coefficient (Wildman–Crippen LogP) is 1.85. The summed E-state index contributed by atoms with van der Waals surface area (Å²) in [6.45, 7) is 8.99. The van der Waals surface area contributed by atoms with Crippen molar-refractivity contribution in [2.24, 2.45) is 5.92 Å². The van der Waals surface area contributed by atoms with Crippen molar-refractivity contribution in [3.8, 4) is 0 Å². The molecule has 0 aromatic carbocycles. The zero-order valence-electron chi connectivity index (χ0n) is 12.1. The lowest BCUT2D eigenvalue weighted by molar-refractivity contribution is 0.143. The quantitative estimate of drug-likeness (QED) is 0.554. The normalized spacial score (nSPS) is 13.7. The maximum atomic E-state index is 11.7. The lowest BCUT2D eigenvalue weighted by Crippen LogP contribution is -2.27. The summed E-state index contributed by atoms with van der Waals surface area (Å²) in [5, 5.41) is 3.17. The van der Waals surface area contributed by atoms with Crippen molar-refractivity contribution < 1.29 is 13.2 Å². The second-order valence-electron chi connectivity index (χ2n) is 4.78. The third-order valence-corrected chi connectivity index (χ3v) is 4.82. The van der Waals surface area contributed by atoms with Crippen molar-refractivity contribution in [2.75, 3.05) is 37.8 Å². The molecule has 5 heteroatoms. The number of nitrogens with one attached hydrogen (secondary N) is 1. The summed E-state index contributed by atoms with van der Waals surface area (Å²) in [6, 6.07) is 0. The van der Waals surface area contributed by atoms with Gasteiger partial charge < -0.3 is 10.1 Å². The number of hydrogen-bond acceptors (Lipinski definition) is 4. The zero-order valence-corrected chi connectivity index (χ0v) is 12.9. The van der Waals surface area contributed by atoms with E-state index in [2.05, 4.69) is 5.32 Å². The van der Waals surface area contributed by atoms with Gasteiger partial charge in [0, 0.05) is 19.8 Å². The molecule has 1 N–H and O–H groups in total. The summed E-state index contributed by atoms with van der Waals surface area (Å²) < 4.78 is 28.7. The van der Waals surface area contributed by atoms with Gasteiger partial charge in [-0.15, -0.1) is 0 Å². The predicted molar refractivity (Wildman–Crippen MR) is 76.7 cm³/mol. The molecule has 110 valence electrons. The molecule has 0 aliphatic rings. The lowest BCUT2D eigenvalue weighted by atomic mass is 10.2. The Morgan fingerprint density at radius 2 is 1.89 bits per heavy atom. The Morgan fingerprint density at radius 1 is 1.17 bits per heavy atom. The van der Waals surface area contributed by atoms with E-state index in [4.69, 9.17) is 4.74 Å². The zero-order chi connectivity index (χ0) is 13.9. The van der Waals surface area contributed by atoms with Crippen LogP contribution < -0.4 is 5.32 Å². The van der Waals surface area contributed by atoms with Crippen molar-refractivity contribution in [3.63, 3.8) is 0 Å². The number of unbranched alkanes of at least 4 members (excludes halogenated alkanes) is 1. The Kier molecular flexibility index (Phi) is 10.7. The smallest absolute Gasteiger partial charge is 0.151 e. The average molecular weight is 279 g/mol. The van der Waals surface area contributed by atoms with Crippen molar-refractivity contribution in [1.82, 2.24) is 5.32 Å². The van der Waals surface area contributed by atoms with Gasteiger partial charge in [0.05, 0.1) is 11.5 Å². The monoisotopic (exact) mass is 279 g/mol. The molecule has 1 unspecified atom stereocenters. The molecule has 0 amide bonds. The van der Waals surface area contributed by atoms with Crippen LogP contribution >= 0.6 is 0 Å². The first-order valence-electron chi connectivity index (χ1n) is 7.00. The average Bonchev–Trinajstić information content (AvgIpc) is 2.31. The van der Waals surface area contributed by atoms with Crippen LogP contribution in [0.4, 0.5) is 0 Å². The molecule has 0 heterocycles. The summed E-state index contributed by atoms with van der Waals surface area (Å²) in [5.74, 6) is 0.833. The van der Waals surface area contributed by atoms with E-state index in [9.17, 15) is 8.42 Å². The van der Waals surface area contributed by atoms with E-state index in [1.807, 2.05) is 20.8 Å². The maximum Gasteiger partial charge on any atom is 0.151 e. The number of rotatable bonds is 12. The van der Waals surface area contributed by atoms with Crippen LogP contribution in [-0.2, 0) is 14.6 Å². The van der Waals surface area contributed by atoms with Crippen molar-refractivity contribution in [3.05, 3.63) is 0 Å². The fraction of sp³-hybridized carbons (Fsp3) is 1.00. The van der Waals surface area contributed by atoms with E-state index < -0.39 is 9.84 Å². The van der Waals surface area contributed by atoms with Gasteiger partial charge in [0.25, 0.3) is 0 Å². The minimum Gasteiger partial charge on any atom is -0.382 e. The minimum atomic E-state index is -2.88. The Hall–Kier alpha value is -0.130. The highest BCUT2D eigenvalue weighted by molar-refractivity contribution is 7.91. The summed E-state index contributed by atoms with van der Waals surface area (Å²) in [7, 11) is -2.88. The molecule has 0 aliphatic carbocycles. The molecule has 4 nitrogen and oxygen atoms in total. The van der Waals surface area contributed by atoms with Gasteiger partial charge in [-0.2, -0.15) is 0 Å². The van der Waals surface area contributed by atoms with Crippen LogP contribution in [-0.4, -0.2) is 46.2 Å². The lowest BCUT2D eigenvalue weighted by Gasteiger charge is -2.10. The molecule has 0 radical (unpaired) electrons. The molecule has 0 rings (SSSR count). The van der Waals surface area contributed by atoms with E-state index in [0.717, 1.165) is 39.0 Å². The molecule has 18 heavy (non-hydrogen) atoms. The van der Waals surface area contributed by atoms with Gasteiger partial charge in [0.2, 0.25) is 0 Å². The number of ether oxygens (including phenoxy) is 1. The number of hydrogen-bond donors (Lipinski definition) is 1. The van der Waals surface area contributed by atoms with E-state index in [1.54, 1.807) is 0 Å². The summed E-state index contributed by atoms with van der Waals surface area (Å²) >= 11 is 0. The maximum absolute atomic E-state index is 11.7. The van der Waals surface area contributed by atoms with Crippen LogP contribution in [0.15, 0.2) is 0 Å². The van der Waals surface area contributed by atoms with Crippen LogP contribution in [0.1, 0.15) is 40.0 Å². The summed E-state index contributed by atoms with van der Waals surface area (Å²) in [4.78, 5) is 0. The van der Waals surface area contributed by atoms with Crippen molar-refractivity contribution >= 4 is 9.84 Å². The molecule has 0 aliphatic heterocycles. The standard InChI is InChI=1S/C13H29NO3S/c1-4-13(3)12-18(15,16)11-9-14-8-6-7-10-17-5-2/h13-14H,4-12H2,1-3H3. The summed E-state index contributed by atoms with van der Waals surface area (Å²) in [6.07, 6.45) is 2.98. The Labute approximate surface area is 112 Å². The largest absolute Gasteiger partial charge is 0.382 e. The Balaban J connectivity index is 3.47. The molecule has 0 spiro atoms. The third-order valence-electron chi connectivity index (χ3n) is 2.92. The van der Waals surface area contributed by atoms with Crippen LogP contribution in [0.2, 0.25) is 0 Å². The Morgan fingerprint density at radius 3 is 2.50 bits per heavy atom. The van der Waals surface area contributed by atoms with Gasteiger partial charge in [0.15, 0.2) is 9.84 Å². The van der Waals surface area contributed by atoms with Gasteiger partial charge in [-0.1, -0.05) is 20.3 Å². The minimum absolute atomic E-state index is 0.253. The van der Waals surface area contributed by atoms with Gasteiger partial charge in [-0.05, 0) is 32.2 Å². The fourth-order valence-corrected chi connectivity index (χ4v) is 3.31. The molecule has 0 bridgehead atoms. The highest BCUT2D eigenvalue weighted by atomic mass is 32.2. The van der Waals surface area contributed by atoms with Crippen LogP contribution in [0.5, 0.6) is 0 Å². The topological polar surface area (TPSA) is 55.4 Å². The number of sulfone groups is 1. The van der Waals surface area contributed by atoms with Gasteiger partial charge in [0.1, 0.15) is 0 Å². The highest BCUT2D eigenvalue weighted by Crippen LogP contribution is 2.05. The second-order valence-corrected chi connectivity index (χ2v) is 7.01. The van der Waals surface area contributed by atoms with E-state index in [0.29, 0.717) is 12.3 Å². The molecular weight excluding hydrogens is 250 g/mol. The van der Waals surface area contributed by atoms with E-state index in [1.165, 1.54) is 0 Å². The van der Waals surface area contributed by atoms with Gasteiger partial charge in [-0.25, -0.2) is 8.42 Å². The molecule has 0 saturated heterocycles. The van der Waals surface area contributed by atoms with E-state index in [-0.39, 0.29) is 11.7 Å². The van der Waals surface area contributed by atoms with E-state index >= 15 is 0 Å². The second kappa shape index (κ2) is 10.8. The molecule has 0 fully saturated rings. The van der Waals surface area contributed by atoms with Crippen molar-refractivity contribution in [2.45, 2.75) is 40.0 Å². The van der Waals surface area contributed by atoms with Crippen LogP contribution in [0, 0.1) is 5.92 Å². The first-order chi connectivity index (χ1) is 8.52. The fourth-order valence-electron chi connectivity index (χ4n) is 1.59. The molecule has 0 aromatic rings. The van der Waals surface area contributed by atoms with Gasteiger partial charge >= 0.3 is 0 Å². The van der Waals surface area contributed by atoms with Crippen molar-refractivity contribution in [1.29, 1.82) is 0 Å². The molecule has 0 aromatic heterocycles. The molecule has 1 atom stereocenters. The molecular formula is C13H29NO3S. The first kappa shape index (κ1) is 17.9. The summed E-state index contributed by atoms with van der Waals surface area (Å²) in [5.41, 5.74) is 0. The first-order valence-corrected chi connectivity index (χ1v) is 8.82.